The van der Waals surface area contributed by atoms with E-state index in [1.807, 2.05) is 78.9 Å². The van der Waals surface area contributed by atoms with Gasteiger partial charge in [-0.15, -0.1) is 0 Å². The molecule has 1 saturated heterocycles. The number of ether oxygens (including phenoxy) is 4. The number of aryl methyl sites for hydroxylation is 1. The lowest BCUT2D eigenvalue weighted by Gasteiger charge is -2.37. The fourth-order valence-electron chi connectivity index (χ4n) is 7.48. The molecule has 12 nitrogen and oxygen atoms in total. The van der Waals surface area contributed by atoms with Crippen LogP contribution in [0.2, 0.25) is 0 Å². The van der Waals surface area contributed by atoms with Crippen molar-refractivity contribution in [3.8, 4) is 11.5 Å². The van der Waals surface area contributed by atoms with Crippen LogP contribution in [0.3, 0.4) is 0 Å². The fourth-order valence-corrected chi connectivity index (χ4v) is 7.48. The van der Waals surface area contributed by atoms with Crippen molar-refractivity contribution in [3.63, 3.8) is 0 Å². The van der Waals surface area contributed by atoms with Gasteiger partial charge in [0.1, 0.15) is 35.2 Å². The molecule has 12 heteroatoms. The Bertz CT molecular complexity index is 2310. The van der Waals surface area contributed by atoms with Gasteiger partial charge in [-0.05, 0) is 65.6 Å². The van der Waals surface area contributed by atoms with Crippen molar-refractivity contribution >= 4 is 22.9 Å². The maximum atomic E-state index is 13.3. The molecule has 2 aromatic heterocycles. The average Bonchev–Trinajstić information content (AvgIpc) is 3.87. The Morgan fingerprint density at radius 2 is 1.38 bits per heavy atom. The van der Waals surface area contributed by atoms with Gasteiger partial charge in [0.05, 0.1) is 43.4 Å². The van der Waals surface area contributed by atoms with Crippen molar-refractivity contribution in [1.29, 1.82) is 0 Å². The first-order chi connectivity index (χ1) is 26.8. The van der Waals surface area contributed by atoms with Crippen molar-refractivity contribution < 1.29 is 38.1 Å². The van der Waals surface area contributed by atoms with Crippen LogP contribution in [-0.4, -0.2) is 71.0 Å². The zero-order chi connectivity index (χ0) is 38.1. The van der Waals surface area contributed by atoms with Gasteiger partial charge in [-0.2, -0.15) is 4.98 Å². The van der Waals surface area contributed by atoms with Gasteiger partial charge in [-0.3, -0.25) is 19.1 Å². The highest BCUT2D eigenvalue weighted by atomic mass is 16.6. The van der Waals surface area contributed by atoms with E-state index in [0.717, 1.165) is 16.7 Å². The summed E-state index contributed by atoms with van der Waals surface area (Å²) in [7, 11) is 3.23. The van der Waals surface area contributed by atoms with E-state index in [-0.39, 0.29) is 37.1 Å². The summed E-state index contributed by atoms with van der Waals surface area (Å²) < 4.78 is 31.4. The van der Waals surface area contributed by atoms with Crippen LogP contribution in [0.1, 0.15) is 62.2 Å². The van der Waals surface area contributed by atoms with Gasteiger partial charge in [0.25, 0.3) is 11.8 Å². The first-order valence-electron chi connectivity index (χ1n) is 18.1. The minimum absolute atomic E-state index is 0.0159. The topological polar surface area (TPSA) is 143 Å². The van der Waals surface area contributed by atoms with E-state index in [4.69, 9.17) is 23.4 Å². The first-order valence-corrected chi connectivity index (χ1v) is 18.1. The van der Waals surface area contributed by atoms with Crippen molar-refractivity contribution in [1.82, 2.24) is 14.5 Å². The van der Waals surface area contributed by atoms with Crippen LogP contribution in [0.5, 0.6) is 11.5 Å². The van der Waals surface area contributed by atoms with Crippen LogP contribution in [-0.2, 0) is 21.5 Å². The zero-order valence-corrected chi connectivity index (χ0v) is 30.3. The highest BCUT2D eigenvalue weighted by molar-refractivity contribution is 6.21. The van der Waals surface area contributed by atoms with Gasteiger partial charge in [0.2, 0.25) is 5.71 Å². The number of nitrogens with zero attached hydrogens (tertiary/aromatic N) is 3. The Labute approximate surface area is 316 Å². The van der Waals surface area contributed by atoms with Gasteiger partial charge in [-0.1, -0.05) is 66.7 Å². The quantitative estimate of drug-likeness (QED) is 0.112. The Hall–Kier alpha value is -6.08. The van der Waals surface area contributed by atoms with Crippen LogP contribution in [0.4, 0.5) is 0 Å². The van der Waals surface area contributed by atoms with E-state index in [0.29, 0.717) is 46.6 Å². The maximum absolute atomic E-state index is 13.3. The second kappa shape index (κ2) is 15.0. The summed E-state index contributed by atoms with van der Waals surface area (Å²) in [5.74, 6) is 1.33. The minimum atomic E-state index is -1.12. The number of aliphatic hydroxyl groups excluding tert-OH is 1. The molecular weight excluding hydrogens is 702 g/mol. The number of aliphatic hydroxyl groups is 1. The number of hydrogen-bond acceptors (Lipinski definition) is 10. The highest BCUT2D eigenvalue weighted by Gasteiger charge is 2.42. The Balaban J connectivity index is 1.01. The van der Waals surface area contributed by atoms with Crippen LogP contribution in [0.15, 0.2) is 125 Å². The SMILES string of the molecule is COc1ccc(C(OC[C@H]2O[C@@H](n3cc4cc(CCCN5C(=O)c6ccccc6C5=O)oc4nc3=O)C[C@@H]2O)(c2ccccc2)c2ccc(OC)cc2)cc1. The molecule has 55 heavy (non-hydrogen) atoms. The smallest absolute Gasteiger partial charge is 0.353 e. The second-order valence-corrected chi connectivity index (χ2v) is 13.6. The van der Waals surface area contributed by atoms with E-state index in [9.17, 15) is 19.5 Å². The number of furan rings is 1. The normalized spacial score (nSPS) is 18.2. The molecule has 2 aliphatic heterocycles. The summed E-state index contributed by atoms with van der Waals surface area (Å²) in [5.41, 5.74) is 1.80. The largest absolute Gasteiger partial charge is 0.497 e. The molecule has 3 atom stereocenters. The number of hydrogen-bond donors (Lipinski definition) is 1. The van der Waals surface area contributed by atoms with Crippen LogP contribution in [0, 0.1) is 0 Å². The predicted octanol–water partition coefficient (Wildman–Crippen LogP) is 5.89. The number of amides is 2. The van der Waals surface area contributed by atoms with Gasteiger partial charge in [0, 0.05) is 25.6 Å². The summed E-state index contributed by atoms with van der Waals surface area (Å²) in [5, 5.41) is 11.9. The highest BCUT2D eigenvalue weighted by Crippen LogP contribution is 2.43. The molecule has 2 aliphatic rings. The molecule has 0 unspecified atom stereocenters. The number of fused-ring (bicyclic) bond motifs is 2. The molecule has 2 amide bonds. The summed E-state index contributed by atoms with van der Waals surface area (Å²) in [4.78, 5) is 44.2. The fraction of sp³-hybridized carbons (Fsp3) is 0.256. The van der Waals surface area contributed by atoms with Crippen LogP contribution >= 0.6 is 0 Å². The number of benzene rings is 4. The van der Waals surface area contributed by atoms with Crippen molar-refractivity contribution in [2.24, 2.45) is 0 Å². The van der Waals surface area contributed by atoms with Crippen LogP contribution < -0.4 is 15.2 Å². The first kappa shape index (κ1) is 35.9. The van der Waals surface area contributed by atoms with Crippen molar-refractivity contribution in [3.05, 3.63) is 159 Å². The van der Waals surface area contributed by atoms with Gasteiger partial charge in [0.15, 0.2) is 0 Å². The molecule has 0 spiro atoms. The number of carbonyl (C=O) groups excluding carboxylic acids is 2. The van der Waals surface area contributed by atoms with Crippen molar-refractivity contribution in [2.45, 2.75) is 43.3 Å². The van der Waals surface area contributed by atoms with E-state index < -0.39 is 29.7 Å². The number of imide groups is 1. The Morgan fingerprint density at radius 1 is 0.800 bits per heavy atom. The molecule has 0 radical (unpaired) electrons. The molecule has 6 aromatic rings. The molecule has 0 aliphatic carbocycles. The van der Waals surface area contributed by atoms with Crippen molar-refractivity contribution in [2.75, 3.05) is 27.4 Å². The Kier molecular flexibility index (Phi) is 9.78. The average molecular weight is 742 g/mol. The van der Waals surface area contributed by atoms with Gasteiger partial charge in [-0.25, -0.2) is 4.79 Å². The summed E-state index contributed by atoms with van der Waals surface area (Å²) >= 11 is 0. The third-order valence-electron chi connectivity index (χ3n) is 10.3. The number of methoxy groups -OCH3 is 2. The monoisotopic (exact) mass is 741 g/mol. The molecule has 0 bridgehead atoms. The molecule has 4 aromatic carbocycles. The standard InChI is InChI=1S/C43H39N3O9/c1-51-31-18-14-29(15-19-31)43(28-9-4-3-5-10-28,30-16-20-32(52-2)21-17-30)53-26-37-36(47)24-38(55-37)46-25-27-23-33(54-39(27)44-42(46)50)11-8-22-45-40(48)34-12-6-7-13-35(34)41(45)49/h3-7,9-10,12-21,23,25,36-38,47H,8,11,22,24,26H2,1-2H3/t36-,37+,38+/m0/s1. The predicted molar refractivity (Wildman–Crippen MR) is 201 cm³/mol. The van der Waals surface area contributed by atoms with E-state index in [2.05, 4.69) is 4.98 Å². The lowest BCUT2D eigenvalue weighted by Crippen LogP contribution is -2.38. The zero-order valence-electron chi connectivity index (χ0n) is 30.3. The van der Waals surface area contributed by atoms with E-state index >= 15 is 0 Å². The molecule has 1 fully saturated rings. The summed E-state index contributed by atoms with van der Waals surface area (Å²) in [6.45, 7) is 0.210. The third kappa shape index (κ3) is 6.69. The number of aromatic nitrogens is 2. The van der Waals surface area contributed by atoms with Crippen LogP contribution in [0.25, 0.3) is 11.1 Å². The molecule has 8 rings (SSSR count). The summed E-state index contributed by atoms with van der Waals surface area (Å²) in [6.07, 6.45) is 0.0900. The second-order valence-electron chi connectivity index (χ2n) is 13.6. The molecular formula is C43H39N3O9. The molecule has 0 saturated carbocycles. The lowest BCUT2D eigenvalue weighted by molar-refractivity contribution is -0.0943. The number of carbonyl (C=O) groups is 2. The molecule has 1 N–H and O–H groups in total. The lowest BCUT2D eigenvalue weighted by atomic mass is 9.80. The molecule has 4 heterocycles. The van der Waals surface area contributed by atoms with Gasteiger partial charge >= 0.3 is 5.69 Å². The third-order valence-corrected chi connectivity index (χ3v) is 10.3. The summed E-state index contributed by atoms with van der Waals surface area (Å²) in [6, 6.07) is 33.7. The van der Waals surface area contributed by atoms with Gasteiger partial charge < -0.3 is 28.5 Å². The van der Waals surface area contributed by atoms with E-state index in [1.165, 1.54) is 9.47 Å². The number of rotatable bonds is 13. The van der Waals surface area contributed by atoms with E-state index in [1.54, 1.807) is 50.7 Å². The Morgan fingerprint density at radius 3 is 1.98 bits per heavy atom. The molecule has 280 valence electrons. The maximum Gasteiger partial charge on any atom is 0.353 e. The minimum Gasteiger partial charge on any atom is -0.497 e.